The first-order valence-corrected chi connectivity index (χ1v) is 12.6. The van der Waals surface area contributed by atoms with E-state index in [0.717, 1.165) is 19.1 Å². The Bertz CT molecular complexity index is 1080. The average Bonchev–Trinajstić information content (AvgIpc) is 3.43. The Kier molecular flexibility index (Phi) is 8.12. The molecule has 1 aliphatic carbocycles. The summed E-state index contributed by atoms with van der Waals surface area (Å²) in [7, 11) is 0. The molecule has 2 atom stereocenters. The molecule has 1 aromatic carbocycles. The van der Waals surface area contributed by atoms with Crippen LogP contribution in [0, 0.1) is 6.92 Å². The Labute approximate surface area is 217 Å². The monoisotopic (exact) mass is 571 g/mol. The van der Waals surface area contributed by atoms with Crippen LogP contribution < -0.4 is 5.73 Å². The van der Waals surface area contributed by atoms with Gasteiger partial charge in [0.2, 0.25) is 6.04 Å². The summed E-state index contributed by atoms with van der Waals surface area (Å²) < 4.78 is 38.5. The summed E-state index contributed by atoms with van der Waals surface area (Å²) in [6.45, 7) is 8.41. The topological polar surface area (TPSA) is 111 Å². The number of Topliss-reactive ketones (excluding diaryl/α,β-unsaturated/α-hetero) is 1. The molecular weight excluding hydrogens is 540 g/mol. The highest BCUT2D eigenvalue weighted by Crippen LogP contribution is 2.52. The van der Waals surface area contributed by atoms with Crippen molar-refractivity contribution in [2.24, 2.45) is 4.99 Å². The maximum atomic E-state index is 13.7. The lowest BCUT2D eigenvalue weighted by molar-refractivity contribution is -0.148. The van der Waals surface area contributed by atoms with Crippen LogP contribution in [0.15, 0.2) is 15.5 Å². The van der Waals surface area contributed by atoms with E-state index in [9.17, 15) is 23.2 Å². The fraction of sp³-hybridized carbons (Fsp3) is 0.600. The first-order chi connectivity index (χ1) is 16.7. The van der Waals surface area contributed by atoms with Crippen molar-refractivity contribution in [3.8, 4) is 0 Å². The minimum Gasteiger partial charge on any atom is -0.464 e. The summed E-state index contributed by atoms with van der Waals surface area (Å²) in [6.07, 6.45) is -0.0762. The van der Waals surface area contributed by atoms with E-state index < -0.39 is 53.1 Å². The molecule has 1 heterocycles. The van der Waals surface area contributed by atoms with E-state index in [0.29, 0.717) is 22.9 Å². The van der Waals surface area contributed by atoms with Gasteiger partial charge in [-0.1, -0.05) is 15.9 Å². The molecule has 1 aromatic rings. The van der Waals surface area contributed by atoms with Crippen LogP contribution in [0.4, 0.5) is 19.3 Å². The highest BCUT2D eigenvalue weighted by atomic mass is 79.9. The Balaban J connectivity index is 1.99. The number of ketones is 1. The lowest BCUT2D eigenvalue weighted by Gasteiger charge is -2.32. The quantitative estimate of drug-likeness (QED) is 0.210. The molecule has 2 aliphatic rings. The number of anilines is 1. The third-order valence-electron chi connectivity index (χ3n) is 6.46. The molecule has 1 saturated heterocycles. The molecule has 1 saturated carbocycles. The van der Waals surface area contributed by atoms with Crippen molar-refractivity contribution in [1.82, 2.24) is 4.90 Å². The zero-order valence-electron chi connectivity index (χ0n) is 21.1. The number of carbonyl (C=O) groups excluding carboxylic acids is 3. The molecule has 1 aliphatic heterocycles. The van der Waals surface area contributed by atoms with Gasteiger partial charge < -0.3 is 15.2 Å². The van der Waals surface area contributed by atoms with Crippen LogP contribution >= 0.6 is 15.9 Å². The number of benzene rings is 1. The van der Waals surface area contributed by atoms with Crippen LogP contribution in [0.25, 0.3) is 0 Å². The summed E-state index contributed by atoms with van der Waals surface area (Å²) in [5.74, 6) is -1.57. The maximum Gasteiger partial charge on any atom is 0.411 e. The zero-order valence-corrected chi connectivity index (χ0v) is 22.7. The van der Waals surface area contributed by atoms with Crippen molar-refractivity contribution in [2.45, 2.75) is 90.0 Å². The minimum absolute atomic E-state index is 0.00959. The number of hydrogen-bond acceptors (Lipinski definition) is 7. The number of halogens is 3. The van der Waals surface area contributed by atoms with Crippen molar-refractivity contribution in [2.75, 3.05) is 12.3 Å². The molecule has 1 spiro atoms. The third-order valence-corrected chi connectivity index (χ3v) is 7.29. The van der Waals surface area contributed by atoms with Crippen molar-refractivity contribution in [3.63, 3.8) is 0 Å². The number of nitrogens with zero attached hydrogens (tertiary/aromatic N) is 2. The third kappa shape index (κ3) is 5.71. The lowest BCUT2D eigenvalue weighted by atomic mass is 10.0. The Morgan fingerprint density at radius 3 is 2.47 bits per heavy atom. The number of alkyl halides is 2. The number of carbonyl (C=O) groups is 3. The number of rotatable bonds is 7. The Hall–Kier alpha value is -2.56. The van der Waals surface area contributed by atoms with Crippen LogP contribution in [-0.2, 0) is 19.1 Å². The number of hydrogen-bond donors (Lipinski definition) is 1. The number of amides is 1. The van der Waals surface area contributed by atoms with Crippen LogP contribution in [0.5, 0.6) is 0 Å². The SMILES string of the molecule is CCOC(=O)C(N=Cc1c(C(F)F)cc(Br)c(C)c1N)C(=O)[C@H]1CCC2(CC2)N1C(=O)OC(C)(C)C. The van der Waals surface area contributed by atoms with E-state index in [-0.39, 0.29) is 17.9 Å². The molecular formula is C25H32BrF2N3O5. The summed E-state index contributed by atoms with van der Waals surface area (Å²) in [5.41, 5.74) is 4.93. The molecule has 198 valence electrons. The second-order valence-electron chi connectivity index (χ2n) is 10.2. The van der Waals surface area contributed by atoms with Gasteiger partial charge in [0.05, 0.1) is 12.6 Å². The van der Waals surface area contributed by atoms with Gasteiger partial charge in [-0.25, -0.2) is 18.4 Å². The highest BCUT2D eigenvalue weighted by Gasteiger charge is 2.60. The van der Waals surface area contributed by atoms with Gasteiger partial charge in [-0.3, -0.25) is 14.7 Å². The van der Waals surface area contributed by atoms with Gasteiger partial charge in [0.1, 0.15) is 5.60 Å². The summed E-state index contributed by atoms with van der Waals surface area (Å²) in [5, 5.41) is 0. The first kappa shape index (κ1) is 28.0. The molecule has 1 amide bonds. The van der Waals surface area contributed by atoms with Crippen molar-refractivity contribution < 1.29 is 32.6 Å². The van der Waals surface area contributed by atoms with E-state index in [1.165, 1.54) is 11.0 Å². The molecule has 1 unspecified atom stereocenters. The Morgan fingerprint density at radius 2 is 1.94 bits per heavy atom. The van der Waals surface area contributed by atoms with Crippen LogP contribution in [0.1, 0.15) is 76.5 Å². The molecule has 36 heavy (non-hydrogen) atoms. The molecule has 11 heteroatoms. The van der Waals surface area contributed by atoms with E-state index in [4.69, 9.17) is 15.2 Å². The van der Waals surface area contributed by atoms with Gasteiger partial charge >= 0.3 is 12.1 Å². The Morgan fingerprint density at radius 1 is 1.31 bits per heavy atom. The lowest BCUT2D eigenvalue weighted by Crippen LogP contribution is -2.51. The molecule has 3 rings (SSSR count). The van der Waals surface area contributed by atoms with Gasteiger partial charge in [-0.15, -0.1) is 0 Å². The molecule has 8 nitrogen and oxygen atoms in total. The predicted octanol–water partition coefficient (Wildman–Crippen LogP) is 5.13. The smallest absolute Gasteiger partial charge is 0.411 e. The number of likely N-dealkylation sites (tertiary alicyclic amines) is 1. The number of nitrogens with two attached hydrogens (primary N) is 1. The van der Waals surface area contributed by atoms with Crippen LogP contribution in [0.3, 0.4) is 0 Å². The summed E-state index contributed by atoms with van der Waals surface area (Å²) >= 11 is 3.21. The zero-order chi connectivity index (χ0) is 27.0. The summed E-state index contributed by atoms with van der Waals surface area (Å²) in [4.78, 5) is 45.0. The standard InChI is InChI=1S/C25H32BrF2N3O5/c1-6-35-22(33)19(30-12-15-14(21(27)28)11-16(26)13(2)18(15)29)20(32)17-7-8-25(9-10-25)31(17)23(34)36-24(3,4)5/h11-12,17,19,21H,6-10,29H2,1-5H3/t17-,19?/m1/s1. The average molecular weight is 572 g/mol. The number of esters is 1. The van der Waals surface area contributed by atoms with E-state index >= 15 is 0 Å². The van der Waals surface area contributed by atoms with Crippen LogP contribution in [0.2, 0.25) is 0 Å². The summed E-state index contributed by atoms with van der Waals surface area (Å²) in [6, 6.07) is -1.37. The predicted molar refractivity (Wildman–Crippen MR) is 134 cm³/mol. The van der Waals surface area contributed by atoms with E-state index in [2.05, 4.69) is 20.9 Å². The number of aliphatic imine (C=N–C) groups is 1. The van der Waals surface area contributed by atoms with Gasteiger partial charge in [0, 0.05) is 33.0 Å². The maximum absolute atomic E-state index is 13.7. The van der Waals surface area contributed by atoms with Gasteiger partial charge in [0.15, 0.2) is 5.78 Å². The van der Waals surface area contributed by atoms with Gasteiger partial charge in [-0.05, 0) is 71.9 Å². The van der Waals surface area contributed by atoms with Crippen LogP contribution in [-0.4, -0.2) is 58.8 Å². The molecule has 2 fully saturated rings. The highest BCUT2D eigenvalue weighted by molar-refractivity contribution is 9.10. The molecule has 0 radical (unpaired) electrons. The van der Waals surface area contributed by atoms with Crippen molar-refractivity contribution >= 4 is 45.7 Å². The van der Waals surface area contributed by atoms with E-state index in [1.807, 2.05) is 0 Å². The number of ether oxygens (including phenoxy) is 2. The normalized spacial score (nSPS) is 19.7. The fourth-order valence-corrected chi connectivity index (χ4v) is 4.92. The number of nitrogen functional groups attached to an aromatic ring is 1. The largest absolute Gasteiger partial charge is 0.464 e. The van der Waals surface area contributed by atoms with E-state index in [1.54, 1.807) is 34.6 Å². The van der Waals surface area contributed by atoms with Crippen molar-refractivity contribution in [3.05, 3.63) is 27.2 Å². The second kappa shape index (κ2) is 10.4. The van der Waals surface area contributed by atoms with Crippen molar-refractivity contribution in [1.29, 1.82) is 0 Å². The fourth-order valence-electron chi connectivity index (χ4n) is 4.46. The first-order valence-electron chi connectivity index (χ1n) is 11.8. The second-order valence-corrected chi connectivity index (χ2v) is 11.0. The van der Waals surface area contributed by atoms with Gasteiger partial charge in [0.25, 0.3) is 6.43 Å². The van der Waals surface area contributed by atoms with Gasteiger partial charge in [-0.2, -0.15) is 0 Å². The molecule has 0 bridgehead atoms. The molecule has 2 N–H and O–H groups in total. The molecule has 0 aromatic heterocycles. The minimum atomic E-state index is -2.87.